The van der Waals surface area contributed by atoms with Crippen LogP contribution in [0.2, 0.25) is 0 Å². The SMILES string of the molecule is CC1(C)OCCC(CI)O1. The van der Waals surface area contributed by atoms with E-state index in [0.29, 0.717) is 6.10 Å². The Morgan fingerprint density at radius 3 is 2.70 bits per heavy atom. The molecule has 1 aliphatic heterocycles. The molecule has 1 rings (SSSR count). The number of rotatable bonds is 1. The van der Waals surface area contributed by atoms with E-state index < -0.39 is 0 Å². The van der Waals surface area contributed by atoms with Gasteiger partial charge < -0.3 is 9.47 Å². The van der Waals surface area contributed by atoms with E-state index in [0.717, 1.165) is 17.5 Å². The monoisotopic (exact) mass is 256 g/mol. The molecule has 2 nitrogen and oxygen atoms in total. The van der Waals surface area contributed by atoms with Crippen LogP contribution in [0.3, 0.4) is 0 Å². The van der Waals surface area contributed by atoms with Crippen molar-refractivity contribution in [2.75, 3.05) is 11.0 Å². The third-order valence-electron chi connectivity index (χ3n) is 1.51. The van der Waals surface area contributed by atoms with Crippen LogP contribution in [0, 0.1) is 0 Å². The van der Waals surface area contributed by atoms with Crippen LogP contribution in [0.25, 0.3) is 0 Å². The van der Waals surface area contributed by atoms with Crippen LogP contribution < -0.4 is 0 Å². The summed E-state index contributed by atoms with van der Waals surface area (Å²) in [6, 6.07) is 0. The Kier molecular flexibility index (Phi) is 2.94. The zero-order chi connectivity index (χ0) is 7.61. The van der Waals surface area contributed by atoms with Crippen molar-refractivity contribution in [1.29, 1.82) is 0 Å². The van der Waals surface area contributed by atoms with Crippen LogP contribution in [-0.2, 0) is 9.47 Å². The molecule has 3 heteroatoms. The lowest BCUT2D eigenvalue weighted by molar-refractivity contribution is -0.267. The minimum absolute atomic E-state index is 0.353. The average molecular weight is 256 g/mol. The fourth-order valence-corrected chi connectivity index (χ4v) is 1.66. The molecule has 1 aliphatic rings. The third-order valence-corrected chi connectivity index (χ3v) is 2.49. The maximum atomic E-state index is 5.59. The molecule has 0 bridgehead atoms. The molecule has 0 spiro atoms. The average Bonchev–Trinajstić information content (AvgIpc) is 1.86. The van der Waals surface area contributed by atoms with E-state index in [2.05, 4.69) is 22.6 Å². The molecule has 1 saturated heterocycles. The van der Waals surface area contributed by atoms with E-state index in [-0.39, 0.29) is 5.79 Å². The van der Waals surface area contributed by atoms with E-state index in [1.807, 2.05) is 13.8 Å². The van der Waals surface area contributed by atoms with Gasteiger partial charge in [-0.1, -0.05) is 22.6 Å². The van der Waals surface area contributed by atoms with Crippen LogP contribution in [0.1, 0.15) is 20.3 Å². The first-order valence-corrected chi connectivity index (χ1v) is 5.04. The predicted molar refractivity (Wildman–Crippen MR) is 48.4 cm³/mol. The summed E-state index contributed by atoms with van der Waals surface area (Å²) in [5, 5.41) is 0. The Hall–Kier alpha value is 0.650. The molecule has 0 saturated carbocycles. The summed E-state index contributed by atoms with van der Waals surface area (Å²) in [4.78, 5) is 0. The lowest BCUT2D eigenvalue weighted by Crippen LogP contribution is -2.40. The molecule has 0 radical (unpaired) electrons. The van der Waals surface area contributed by atoms with Crippen LogP contribution >= 0.6 is 22.6 Å². The second-order valence-corrected chi connectivity index (χ2v) is 3.81. The van der Waals surface area contributed by atoms with E-state index >= 15 is 0 Å². The molecule has 60 valence electrons. The Balaban J connectivity index is 2.40. The maximum absolute atomic E-state index is 5.59. The van der Waals surface area contributed by atoms with Crippen LogP contribution in [0.5, 0.6) is 0 Å². The standard InChI is InChI=1S/C7H13IO2/c1-7(2)9-4-3-6(5-8)10-7/h6H,3-5H2,1-2H3. The summed E-state index contributed by atoms with van der Waals surface area (Å²) in [6.45, 7) is 4.76. The number of hydrogen-bond acceptors (Lipinski definition) is 2. The highest BCUT2D eigenvalue weighted by Gasteiger charge is 2.28. The lowest BCUT2D eigenvalue weighted by Gasteiger charge is -2.35. The summed E-state index contributed by atoms with van der Waals surface area (Å²) >= 11 is 2.34. The van der Waals surface area contributed by atoms with Crippen molar-refractivity contribution >= 4 is 22.6 Å². The number of alkyl halides is 1. The van der Waals surface area contributed by atoms with Gasteiger partial charge in [0.2, 0.25) is 0 Å². The van der Waals surface area contributed by atoms with Gasteiger partial charge in [-0.25, -0.2) is 0 Å². The third kappa shape index (κ3) is 2.36. The van der Waals surface area contributed by atoms with Crippen molar-refractivity contribution in [3.63, 3.8) is 0 Å². The van der Waals surface area contributed by atoms with Gasteiger partial charge in [0, 0.05) is 4.43 Å². The molecule has 10 heavy (non-hydrogen) atoms. The Morgan fingerprint density at radius 2 is 2.30 bits per heavy atom. The van der Waals surface area contributed by atoms with Crippen molar-refractivity contribution in [1.82, 2.24) is 0 Å². The highest BCUT2D eigenvalue weighted by Crippen LogP contribution is 2.22. The van der Waals surface area contributed by atoms with Gasteiger partial charge >= 0.3 is 0 Å². The normalized spacial score (nSPS) is 32.1. The summed E-state index contributed by atoms with van der Waals surface area (Å²) in [5.41, 5.74) is 0. The van der Waals surface area contributed by atoms with Crippen LogP contribution in [0.4, 0.5) is 0 Å². The van der Waals surface area contributed by atoms with Gasteiger partial charge in [-0.2, -0.15) is 0 Å². The largest absolute Gasteiger partial charge is 0.350 e. The quantitative estimate of drug-likeness (QED) is 0.527. The number of halogens is 1. The molecule has 0 N–H and O–H groups in total. The first-order valence-electron chi connectivity index (χ1n) is 3.52. The van der Waals surface area contributed by atoms with E-state index in [1.165, 1.54) is 0 Å². The summed E-state index contributed by atoms with van der Waals surface area (Å²) in [7, 11) is 0. The van der Waals surface area contributed by atoms with Crippen molar-refractivity contribution in [2.45, 2.75) is 32.2 Å². The van der Waals surface area contributed by atoms with Crippen LogP contribution in [0.15, 0.2) is 0 Å². The highest BCUT2D eigenvalue weighted by molar-refractivity contribution is 14.1. The van der Waals surface area contributed by atoms with Gasteiger partial charge in [-0.15, -0.1) is 0 Å². The second-order valence-electron chi connectivity index (χ2n) is 2.93. The zero-order valence-electron chi connectivity index (χ0n) is 6.39. The van der Waals surface area contributed by atoms with Crippen molar-refractivity contribution in [2.24, 2.45) is 0 Å². The van der Waals surface area contributed by atoms with Crippen molar-refractivity contribution < 1.29 is 9.47 Å². The smallest absolute Gasteiger partial charge is 0.163 e. The number of ether oxygens (including phenoxy) is 2. The Labute approximate surface area is 75.4 Å². The number of hydrogen-bond donors (Lipinski definition) is 0. The Bertz CT molecular complexity index is 114. The molecule has 1 atom stereocenters. The van der Waals surface area contributed by atoms with Crippen molar-refractivity contribution in [3.8, 4) is 0 Å². The van der Waals surface area contributed by atoms with Crippen molar-refractivity contribution in [3.05, 3.63) is 0 Å². The first-order chi connectivity index (χ1) is 4.64. The zero-order valence-corrected chi connectivity index (χ0v) is 8.55. The van der Waals surface area contributed by atoms with Gasteiger partial charge in [0.25, 0.3) is 0 Å². The molecule has 0 amide bonds. The lowest BCUT2D eigenvalue weighted by atomic mass is 10.2. The summed E-state index contributed by atoms with van der Waals surface area (Å²) in [6.07, 6.45) is 1.43. The first kappa shape index (κ1) is 8.74. The molecule has 1 unspecified atom stereocenters. The minimum Gasteiger partial charge on any atom is -0.350 e. The van der Waals surface area contributed by atoms with Gasteiger partial charge in [-0.3, -0.25) is 0 Å². The van der Waals surface area contributed by atoms with Gasteiger partial charge in [-0.05, 0) is 20.3 Å². The van der Waals surface area contributed by atoms with Gasteiger partial charge in [0.1, 0.15) is 0 Å². The summed E-state index contributed by atoms with van der Waals surface area (Å²) < 4.78 is 12.0. The predicted octanol–water partition coefficient (Wildman–Crippen LogP) is 1.96. The molecule has 0 aromatic rings. The minimum atomic E-state index is -0.353. The van der Waals surface area contributed by atoms with Gasteiger partial charge in [0.15, 0.2) is 5.79 Å². The fourth-order valence-electron chi connectivity index (χ4n) is 1.04. The second kappa shape index (κ2) is 3.36. The van der Waals surface area contributed by atoms with Gasteiger partial charge in [0.05, 0.1) is 12.7 Å². The van der Waals surface area contributed by atoms with E-state index in [4.69, 9.17) is 9.47 Å². The molecule has 1 fully saturated rings. The molecule has 0 aromatic carbocycles. The maximum Gasteiger partial charge on any atom is 0.163 e. The molecule has 0 aliphatic carbocycles. The Morgan fingerprint density at radius 1 is 1.60 bits per heavy atom. The molecular weight excluding hydrogens is 243 g/mol. The van der Waals surface area contributed by atoms with Crippen LogP contribution in [-0.4, -0.2) is 22.9 Å². The highest BCUT2D eigenvalue weighted by atomic mass is 127. The molecule has 0 aromatic heterocycles. The summed E-state index contributed by atoms with van der Waals surface area (Å²) in [5.74, 6) is -0.353. The topological polar surface area (TPSA) is 18.5 Å². The molecular formula is C7H13IO2. The fraction of sp³-hybridized carbons (Fsp3) is 1.00. The van der Waals surface area contributed by atoms with E-state index in [1.54, 1.807) is 0 Å². The molecule has 1 heterocycles. The van der Waals surface area contributed by atoms with E-state index in [9.17, 15) is 0 Å².